The monoisotopic (exact) mass is 1020 g/mol. The first kappa shape index (κ1) is 50.8. The summed E-state index contributed by atoms with van der Waals surface area (Å²) in [6.45, 7) is 2.13. The molecule has 4 heteroatoms. The van der Waals surface area contributed by atoms with Gasteiger partial charge in [0.25, 0.3) is 0 Å². The smallest absolute Gasteiger partial charge is 0.0499 e. The minimum absolute atomic E-state index is 1.09. The molecule has 0 radical (unpaired) electrons. The van der Waals surface area contributed by atoms with E-state index in [9.17, 15) is 0 Å². The normalized spacial score (nSPS) is 11.3. The third kappa shape index (κ3) is 12.0. The van der Waals surface area contributed by atoms with Gasteiger partial charge in [0.15, 0.2) is 0 Å². The molecule has 0 heterocycles. The maximum Gasteiger partial charge on any atom is 0.0499 e. The lowest BCUT2D eigenvalue weighted by Gasteiger charge is -2.26. The van der Waals surface area contributed by atoms with E-state index in [1.807, 2.05) is 18.2 Å². The van der Waals surface area contributed by atoms with Crippen LogP contribution in [0.2, 0.25) is 0 Å². The summed E-state index contributed by atoms with van der Waals surface area (Å²) in [4.78, 5) is 9.00. The quantitative estimate of drug-likeness (QED) is 0.101. The van der Waals surface area contributed by atoms with Gasteiger partial charge >= 0.3 is 0 Å². The highest BCUT2D eigenvalue weighted by Crippen LogP contribution is 2.40. The van der Waals surface area contributed by atoms with Gasteiger partial charge in [0, 0.05) is 77.1 Å². The molecule has 11 aromatic rings. The van der Waals surface area contributed by atoms with Gasteiger partial charge in [0.05, 0.1) is 0 Å². The van der Waals surface area contributed by atoms with Crippen molar-refractivity contribution in [2.45, 2.75) is 6.92 Å². The van der Waals surface area contributed by atoms with E-state index in [1.54, 1.807) is 0 Å². The lowest BCUT2D eigenvalue weighted by molar-refractivity contribution is 1.14. The van der Waals surface area contributed by atoms with Gasteiger partial charge in [-0.3, -0.25) is 0 Å². The van der Waals surface area contributed by atoms with Gasteiger partial charge in [-0.05, 0) is 178 Å². The molecule has 0 spiro atoms. The minimum Gasteiger partial charge on any atom is -0.345 e. The zero-order chi connectivity index (χ0) is 53.8. The fourth-order valence-corrected chi connectivity index (χ4v) is 10.0. The lowest BCUT2D eigenvalue weighted by Crippen LogP contribution is -2.14. The summed E-state index contributed by atoms with van der Waals surface area (Å²) in [5.74, 6) is 0. The molecular weight excluding hydrogens is 957 g/mol. The number of hydrogen-bond donors (Lipinski definition) is 0. The fraction of sp³-hybridized carbons (Fsp3) is 0.0400. The second kappa shape index (κ2) is 24.1. The van der Waals surface area contributed by atoms with E-state index in [0.717, 1.165) is 45.5 Å². The zero-order valence-electron chi connectivity index (χ0n) is 44.7. The maximum atomic E-state index is 3.03. The van der Waals surface area contributed by atoms with Crippen LogP contribution in [0.3, 0.4) is 0 Å². The van der Waals surface area contributed by atoms with Crippen LogP contribution in [0.4, 0.5) is 51.2 Å². The van der Waals surface area contributed by atoms with Gasteiger partial charge in [0.2, 0.25) is 0 Å². The molecule has 11 aromatic carbocycles. The van der Waals surface area contributed by atoms with Gasteiger partial charge in [0.1, 0.15) is 0 Å². The van der Waals surface area contributed by atoms with Gasteiger partial charge in [-0.15, -0.1) is 0 Å². The predicted octanol–water partition coefficient (Wildman–Crippen LogP) is 20.3. The van der Waals surface area contributed by atoms with E-state index < -0.39 is 0 Å². The summed E-state index contributed by atoms with van der Waals surface area (Å²) in [5, 5.41) is 0. The molecule has 1 aliphatic rings. The van der Waals surface area contributed by atoms with Gasteiger partial charge < -0.3 is 19.6 Å². The Hall–Kier alpha value is -10.3. The van der Waals surface area contributed by atoms with Crippen molar-refractivity contribution in [1.29, 1.82) is 0 Å². The van der Waals surface area contributed by atoms with Crippen molar-refractivity contribution in [2.24, 2.45) is 0 Å². The molecule has 0 saturated carbocycles. The van der Waals surface area contributed by atoms with Gasteiger partial charge in [-0.25, -0.2) is 0 Å². The molecule has 12 rings (SSSR count). The Bertz CT molecular complexity index is 3910. The standard InChI is InChI=1S/C38H32N2.C37H28N2/c1-29-11-9-17-37(27-29)39(2)34-23-19-31(20-24-34)32-21-25-36(26-22-32)40(35-15-7-4-8-16-35)38-18-10-14-33(28-38)30-12-5-3-6-13-30;1-38(33-15-7-3-8-16-33)34-24-20-30(21-25-34)31-22-26-36(27-23-31)39(35-17-9-4-10-18-35)37-19-11-14-32(28-37)29-12-5-2-6-13-29/h3-28H,1-2H3;2,4-7,9-28H,1H3. The minimum atomic E-state index is 1.09. The van der Waals surface area contributed by atoms with E-state index in [1.165, 1.54) is 61.4 Å². The molecule has 380 valence electrons. The maximum absolute atomic E-state index is 3.03. The zero-order valence-corrected chi connectivity index (χ0v) is 44.7. The van der Waals surface area contributed by atoms with Crippen LogP contribution in [-0.4, -0.2) is 14.1 Å². The van der Waals surface area contributed by atoms with Crippen molar-refractivity contribution >= 4 is 51.2 Å². The van der Waals surface area contributed by atoms with Crippen molar-refractivity contribution in [3.8, 4) is 44.5 Å². The summed E-state index contributed by atoms with van der Waals surface area (Å²) in [5.41, 5.74) is 28.1. The van der Waals surface area contributed by atoms with Crippen molar-refractivity contribution in [3.05, 3.63) is 332 Å². The average molecular weight is 1020 g/mol. The van der Waals surface area contributed by atoms with Gasteiger partial charge in [-0.2, -0.15) is 0 Å². The van der Waals surface area contributed by atoms with Crippen LogP contribution in [0.5, 0.6) is 0 Å². The van der Waals surface area contributed by atoms with Crippen LogP contribution >= 0.6 is 0 Å². The van der Waals surface area contributed by atoms with Crippen LogP contribution in [0.25, 0.3) is 44.5 Å². The highest BCUT2D eigenvalue weighted by molar-refractivity contribution is 5.83. The number of likely N-dealkylation sites (N-methyl/N-ethyl adjacent to an activating group) is 1. The van der Waals surface area contributed by atoms with Crippen LogP contribution in [-0.2, 0) is 0 Å². The molecule has 0 aliphatic heterocycles. The second-order valence-corrected chi connectivity index (χ2v) is 19.5. The van der Waals surface area contributed by atoms with Crippen molar-refractivity contribution < 1.29 is 0 Å². The van der Waals surface area contributed by atoms with Crippen LogP contribution in [0, 0.1) is 6.92 Å². The van der Waals surface area contributed by atoms with Crippen molar-refractivity contribution in [1.82, 2.24) is 0 Å². The topological polar surface area (TPSA) is 13.0 Å². The Morgan fingerprint density at radius 3 is 0.987 bits per heavy atom. The number of hydrogen-bond acceptors (Lipinski definition) is 4. The molecular formula is C75H60N4. The third-order valence-electron chi connectivity index (χ3n) is 14.3. The SMILES string of the molecule is CN(C1=CC=C=C=C1)c1ccc(-c2ccc(N(c3ccccc3)c3cccc(-c4ccccc4)c3)cc2)cc1.Cc1cccc(N(C)c2ccc(-c3ccc(N(c4ccccc4)c4cccc(-c5ccccc5)c4)cc3)cc2)c1. The number of aryl methyl sites for hydroxylation is 1. The van der Waals surface area contributed by atoms with Crippen molar-refractivity contribution in [3.63, 3.8) is 0 Å². The highest BCUT2D eigenvalue weighted by atomic mass is 15.1. The van der Waals surface area contributed by atoms with E-state index in [2.05, 4.69) is 343 Å². The largest absolute Gasteiger partial charge is 0.345 e. The summed E-state index contributed by atoms with van der Waals surface area (Å²) >= 11 is 0. The predicted molar refractivity (Wildman–Crippen MR) is 336 cm³/mol. The highest BCUT2D eigenvalue weighted by Gasteiger charge is 2.16. The van der Waals surface area contributed by atoms with E-state index in [4.69, 9.17) is 0 Å². The Kier molecular flexibility index (Phi) is 15.5. The van der Waals surface area contributed by atoms with E-state index in [-0.39, 0.29) is 0 Å². The summed E-state index contributed by atoms with van der Waals surface area (Å²) in [7, 11) is 4.18. The first-order valence-corrected chi connectivity index (χ1v) is 26.8. The second-order valence-electron chi connectivity index (χ2n) is 19.5. The molecule has 1 aliphatic carbocycles. The number of rotatable bonds is 14. The number of nitrogens with zero attached hydrogens (tertiary/aromatic N) is 4. The molecule has 4 nitrogen and oxygen atoms in total. The first-order chi connectivity index (χ1) is 38.9. The molecule has 0 unspecified atom stereocenters. The summed E-state index contributed by atoms with van der Waals surface area (Å²) < 4.78 is 0. The molecule has 79 heavy (non-hydrogen) atoms. The van der Waals surface area contributed by atoms with Crippen molar-refractivity contribution in [2.75, 3.05) is 33.7 Å². The first-order valence-electron chi connectivity index (χ1n) is 26.8. The molecule has 0 bridgehead atoms. The Balaban J connectivity index is 0.000000167. The van der Waals surface area contributed by atoms with Crippen LogP contribution in [0.15, 0.2) is 327 Å². The lowest BCUT2D eigenvalue weighted by atomic mass is 10.0. The Morgan fingerprint density at radius 1 is 0.253 bits per heavy atom. The molecule has 0 aromatic heterocycles. The summed E-state index contributed by atoms with van der Waals surface area (Å²) in [6.07, 6.45) is 5.87. The van der Waals surface area contributed by atoms with E-state index in [0.29, 0.717) is 0 Å². The third-order valence-corrected chi connectivity index (χ3v) is 14.3. The molecule has 0 fully saturated rings. The number of allylic oxidation sites excluding steroid dienone is 3. The van der Waals surface area contributed by atoms with E-state index >= 15 is 0 Å². The fourth-order valence-electron chi connectivity index (χ4n) is 10.0. The molecule has 0 amide bonds. The number of para-hydroxylation sites is 2. The number of anilines is 9. The van der Waals surface area contributed by atoms with Crippen LogP contribution in [0.1, 0.15) is 5.56 Å². The molecule has 0 atom stereocenters. The van der Waals surface area contributed by atoms with Crippen LogP contribution < -0.4 is 19.6 Å². The Morgan fingerprint density at radius 2 is 0.582 bits per heavy atom. The molecule has 0 N–H and O–H groups in total. The van der Waals surface area contributed by atoms with Gasteiger partial charge in [-0.1, -0.05) is 193 Å². The Labute approximate surface area is 466 Å². The average Bonchev–Trinajstić information content (AvgIpc) is 3.53. The number of benzene rings is 11. The molecule has 0 saturated heterocycles. The summed E-state index contributed by atoms with van der Waals surface area (Å²) in [6, 6.07) is 103.